The van der Waals surface area contributed by atoms with Crippen LogP contribution < -0.4 is 59.9 Å². The third kappa shape index (κ3) is 4.51. The zero-order chi connectivity index (χ0) is 25.6. The molecule has 35 heavy (non-hydrogen) atoms. The normalized spacial score (nSPS) is 10.9. The quantitative estimate of drug-likeness (QED) is 0.326. The topological polar surface area (TPSA) is 12.0 Å². The van der Waals surface area contributed by atoms with Crippen LogP contribution in [0.1, 0.15) is 0 Å². The van der Waals surface area contributed by atoms with Gasteiger partial charge in [-0.3, -0.25) is 0 Å². The second-order valence-corrected chi connectivity index (χ2v) is 8.17. The number of hydrogen-bond donors (Lipinski definition) is 1. The van der Waals surface area contributed by atoms with Crippen LogP contribution in [0.25, 0.3) is 22.3 Å². The van der Waals surface area contributed by atoms with E-state index in [4.69, 9.17) is 78.5 Å². The monoisotopic (exact) mass is 421 g/mol. The van der Waals surface area contributed by atoms with Crippen molar-refractivity contribution in [3.05, 3.63) is 48.5 Å². The molecule has 0 aliphatic heterocycles. The van der Waals surface area contributed by atoms with Gasteiger partial charge in [0.25, 0.3) is 0 Å². The number of anilines is 2. The standard InChI is InChI=1S/C24H9B10N/c25-15-13(16(26)20(30)23(33)19(15)29)9-1-5-11(6-2-9)35-12-7-3-10(4-8-12)14-17(27)21(31)24(34)22(32)18(14)28/h1-8,35H. The van der Waals surface area contributed by atoms with Crippen LogP contribution in [-0.2, 0) is 0 Å². The third-order valence-electron chi connectivity index (χ3n) is 6.03. The molecular formula is C24H9B10N. The first-order chi connectivity index (χ1) is 16.5. The van der Waals surface area contributed by atoms with Gasteiger partial charge in [0.05, 0.1) is 0 Å². The molecule has 0 atom stereocenters. The number of rotatable bonds is 4. The molecule has 0 fully saturated rings. The van der Waals surface area contributed by atoms with E-state index in [9.17, 15) is 0 Å². The zero-order valence-electron chi connectivity index (χ0n) is 18.9. The SMILES string of the molecule is [B]c1c([B])c([B])c(-c2ccc(Nc3ccc(-c4c([B])c([B])c([B])c([B])c4[B])cc3)cc2)c([B])c1[B]. The van der Waals surface area contributed by atoms with Crippen LogP contribution in [0.3, 0.4) is 0 Å². The molecular weight excluding hydrogens is 410 g/mol. The van der Waals surface area contributed by atoms with E-state index in [1.54, 1.807) is 0 Å². The van der Waals surface area contributed by atoms with Crippen LogP contribution in [0.5, 0.6) is 0 Å². The van der Waals surface area contributed by atoms with E-state index in [1.807, 2.05) is 48.5 Å². The first-order valence-electron chi connectivity index (χ1n) is 10.5. The van der Waals surface area contributed by atoms with Crippen molar-refractivity contribution >= 4 is 144 Å². The summed E-state index contributed by atoms with van der Waals surface area (Å²) in [4.78, 5) is 0. The first kappa shape index (κ1) is 25.4. The molecule has 20 radical (unpaired) electrons. The van der Waals surface area contributed by atoms with Gasteiger partial charge in [-0.25, -0.2) is 0 Å². The Morgan fingerprint density at radius 2 is 0.543 bits per heavy atom. The fourth-order valence-electron chi connectivity index (χ4n) is 3.93. The van der Waals surface area contributed by atoms with Crippen molar-refractivity contribution in [2.24, 2.45) is 0 Å². The van der Waals surface area contributed by atoms with Crippen molar-refractivity contribution in [3.8, 4) is 22.3 Å². The Morgan fingerprint density at radius 3 is 0.800 bits per heavy atom. The highest BCUT2D eigenvalue weighted by Gasteiger charge is 2.13. The Morgan fingerprint density at radius 1 is 0.314 bits per heavy atom. The van der Waals surface area contributed by atoms with E-state index in [-0.39, 0.29) is 54.6 Å². The maximum atomic E-state index is 6.16. The molecule has 0 aliphatic carbocycles. The highest BCUT2D eigenvalue weighted by molar-refractivity contribution is 6.69. The second kappa shape index (κ2) is 9.76. The molecule has 1 N–H and O–H groups in total. The molecule has 0 saturated heterocycles. The molecule has 0 aromatic heterocycles. The summed E-state index contributed by atoms with van der Waals surface area (Å²) in [7, 11) is 60.3. The summed E-state index contributed by atoms with van der Waals surface area (Å²) in [6.07, 6.45) is 0. The Hall–Kier alpha value is -2.67. The van der Waals surface area contributed by atoms with E-state index in [0.29, 0.717) is 11.1 Å². The summed E-state index contributed by atoms with van der Waals surface area (Å²) in [5.74, 6) is 0. The predicted molar refractivity (Wildman–Crippen MR) is 161 cm³/mol. The number of benzene rings is 4. The second-order valence-electron chi connectivity index (χ2n) is 8.17. The fraction of sp³-hybridized carbons (Fsp3) is 0. The van der Waals surface area contributed by atoms with E-state index < -0.39 is 0 Å². The summed E-state index contributed by atoms with van der Waals surface area (Å²) in [5, 5.41) is 3.32. The highest BCUT2D eigenvalue weighted by atomic mass is 14.9. The molecule has 0 spiro atoms. The fourth-order valence-corrected chi connectivity index (χ4v) is 3.93. The van der Waals surface area contributed by atoms with Crippen LogP contribution in [-0.4, -0.2) is 78.5 Å². The van der Waals surface area contributed by atoms with E-state index in [2.05, 4.69) is 5.32 Å². The molecule has 140 valence electrons. The van der Waals surface area contributed by atoms with Crippen LogP contribution in [0, 0.1) is 0 Å². The molecule has 0 amide bonds. The number of hydrogen-bond acceptors (Lipinski definition) is 1. The van der Waals surface area contributed by atoms with E-state index in [0.717, 1.165) is 22.5 Å². The van der Waals surface area contributed by atoms with Crippen LogP contribution >= 0.6 is 0 Å². The van der Waals surface area contributed by atoms with Crippen molar-refractivity contribution in [3.63, 3.8) is 0 Å². The summed E-state index contributed by atoms with van der Waals surface area (Å²) in [6, 6.07) is 14.9. The van der Waals surface area contributed by atoms with Crippen molar-refractivity contribution in [2.45, 2.75) is 0 Å². The van der Waals surface area contributed by atoms with Gasteiger partial charge in [0.15, 0.2) is 0 Å². The molecule has 4 aromatic carbocycles. The summed E-state index contributed by atoms with van der Waals surface area (Å²) in [5.41, 5.74) is 6.58. The lowest BCUT2D eigenvalue weighted by Gasteiger charge is -2.22. The molecule has 0 aliphatic rings. The van der Waals surface area contributed by atoms with Gasteiger partial charge in [-0.1, -0.05) is 46.1 Å². The van der Waals surface area contributed by atoms with Crippen molar-refractivity contribution in [1.82, 2.24) is 0 Å². The van der Waals surface area contributed by atoms with Crippen molar-refractivity contribution in [2.75, 3.05) is 5.32 Å². The first-order valence-corrected chi connectivity index (χ1v) is 10.5. The lowest BCUT2D eigenvalue weighted by Crippen LogP contribution is -2.55. The lowest BCUT2D eigenvalue weighted by atomic mass is 9.59. The van der Waals surface area contributed by atoms with Crippen LogP contribution in [0.2, 0.25) is 0 Å². The molecule has 4 rings (SSSR count). The Balaban J connectivity index is 1.60. The molecule has 0 unspecified atom stereocenters. The van der Waals surface area contributed by atoms with Crippen LogP contribution in [0.4, 0.5) is 11.4 Å². The molecule has 0 heterocycles. The average molecular weight is 419 g/mol. The minimum atomic E-state index is 0.179. The zero-order valence-corrected chi connectivity index (χ0v) is 18.9. The van der Waals surface area contributed by atoms with Gasteiger partial charge >= 0.3 is 0 Å². The molecule has 4 aromatic rings. The molecule has 1 nitrogen and oxygen atoms in total. The minimum Gasteiger partial charge on any atom is -0.356 e. The minimum absolute atomic E-state index is 0.179. The molecule has 0 bridgehead atoms. The Labute approximate surface area is 220 Å². The maximum Gasteiger partial charge on any atom is 0.113 e. The summed E-state index contributed by atoms with van der Waals surface area (Å²) < 4.78 is 0. The number of nitrogens with one attached hydrogen (secondary N) is 1. The Kier molecular flexibility index (Phi) is 7.09. The van der Waals surface area contributed by atoms with E-state index >= 15 is 0 Å². The average Bonchev–Trinajstić information content (AvgIpc) is 2.86. The van der Waals surface area contributed by atoms with Gasteiger partial charge in [0.1, 0.15) is 78.5 Å². The van der Waals surface area contributed by atoms with Gasteiger partial charge in [-0.2, -0.15) is 0 Å². The summed E-state index contributed by atoms with van der Waals surface area (Å²) >= 11 is 0. The van der Waals surface area contributed by atoms with Gasteiger partial charge in [-0.05, 0) is 46.5 Å². The Bertz CT molecular complexity index is 1280. The predicted octanol–water partition coefficient (Wildman–Crippen LogP) is -5.30. The highest BCUT2D eigenvalue weighted by Crippen LogP contribution is 2.23. The van der Waals surface area contributed by atoms with Crippen LogP contribution in [0.15, 0.2) is 48.5 Å². The van der Waals surface area contributed by atoms with E-state index in [1.165, 1.54) is 0 Å². The van der Waals surface area contributed by atoms with Crippen molar-refractivity contribution < 1.29 is 0 Å². The van der Waals surface area contributed by atoms with Gasteiger partial charge in [0.2, 0.25) is 0 Å². The molecule has 11 heteroatoms. The largest absolute Gasteiger partial charge is 0.356 e. The van der Waals surface area contributed by atoms with Gasteiger partial charge in [0, 0.05) is 11.4 Å². The van der Waals surface area contributed by atoms with Gasteiger partial charge in [-0.15, -0.1) is 32.8 Å². The maximum absolute atomic E-state index is 6.16. The molecule has 0 saturated carbocycles. The summed E-state index contributed by atoms with van der Waals surface area (Å²) in [6.45, 7) is 0. The van der Waals surface area contributed by atoms with Gasteiger partial charge < -0.3 is 5.32 Å². The lowest BCUT2D eigenvalue weighted by molar-refractivity contribution is 1.55. The third-order valence-corrected chi connectivity index (χ3v) is 6.03. The van der Waals surface area contributed by atoms with Crippen molar-refractivity contribution in [1.29, 1.82) is 0 Å². The smallest absolute Gasteiger partial charge is 0.113 e.